The summed E-state index contributed by atoms with van der Waals surface area (Å²) in [7, 11) is 0. The number of rotatable bonds is 7. The zero-order valence-corrected chi connectivity index (χ0v) is 16.4. The van der Waals surface area contributed by atoms with Gasteiger partial charge >= 0.3 is 0 Å². The Morgan fingerprint density at radius 1 is 0.900 bits per heavy atom. The van der Waals surface area contributed by atoms with Crippen LogP contribution in [0.2, 0.25) is 0 Å². The summed E-state index contributed by atoms with van der Waals surface area (Å²) in [6.07, 6.45) is 1.89. The molecule has 2 heterocycles. The molecule has 0 radical (unpaired) electrons. The van der Waals surface area contributed by atoms with Crippen molar-refractivity contribution in [2.75, 3.05) is 13.2 Å². The van der Waals surface area contributed by atoms with E-state index in [1.54, 1.807) is 24.4 Å². The topological polar surface area (TPSA) is 77.5 Å². The molecule has 0 spiro atoms. The Morgan fingerprint density at radius 2 is 1.67 bits per heavy atom. The van der Waals surface area contributed by atoms with E-state index in [2.05, 4.69) is 10.3 Å². The molecule has 152 valence electrons. The van der Waals surface area contributed by atoms with Crippen LogP contribution in [0.1, 0.15) is 40.5 Å². The van der Waals surface area contributed by atoms with E-state index in [1.165, 1.54) is 0 Å². The summed E-state index contributed by atoms with van der Waals surface area (Å²) in [5, 5.41) is 3.01. The molecule has 0 bridgehead atoms. The van der Waals surface area contributed by atoms with Crippen LogP contribution in [-0.2, 0) is 4.79 Å². The highest BCUT2D eigenvalue weighted by Crippen LogP contribution is 2.31. The molecule has 6 heteroatoms. The van der Waals surface area contributed by atoms with E-state index in [1.807, 2.05) is 48.5 Å². The van der Waals surface area contributed by atoms with Crippen molar-refractivity contribution < 1.29 is 19.1 Å². The Bertz CT molecular complexity index is 982. The second-order valence-electron chi connectivity index (χ2n) is 6.95. The van der Waals surface area contributed by atoms with Crippen LogP contribution in [0.3, 0.4) is 0 Å². The fourth-order valence-electron chi connectivity index (χ4n) is 3.34. The molecule has 0 aliphatic carbocycles. The Morgan fingerprint density at radius 3 is 2.43 bits per heavy atom. The molecule has 1 aliphatic heterocycles. The molecule has 2 aromatic carbocycles. The molecular weight excluding hydrogens is 380 g/mol. The van der Waals surface area contributed by atoms with Gasteiger partial charge < -0.3 is 14.8 Å². The summed E-state index contributed by atoms with van der Waals surface area (Å²) in [4.78, 5) is 29.6. The Balaban J connectivity index is 1.41. The lowest BCUT2D eigenvalue weighted by Crippen LogP contribution is -2.30. The van der Waals surface area contributed by atoms with Gasteiger partial charge in [-0.05, 0) is 35.9 Å². The van der Waals surface area contributed by atoms with Crippen molar-refractivity contribution in [3.8, 4) is 11.5 Å². The van der Waals surface area contributed by atoms with Crippen LogP contribution in [0.4, 0.5) is 0 Å². The smallest absolute Gasteiger partial charge is 0.221 e. The maximum Gasteiger partial charge on any atom is 0.221 e. The average Bonchev–Trinajstić information content (AvgIpc) is 2.81. The van der Waals surface area contributed by atoms with Gasteiger partial charge in [-0.25, -0.2) is 0 Å². The van der Waals surface area contributed by atoms with E-state index in [0.717, 1.165) is 11.3 Å². The third-order valence-electron chi connectivity index (χ3n) is 4.87. The molecule has 1 N–H and O–H groups in total. The lowest BCUT2D eigenvalue weighted by atomic mass is 10.0. The Kier molecular flexibility index (Phi) is 6.03. The van der Waals surface area contributed by atoms with Crippen molar-refractivity contribution in [1.82, 2.24) is 10.3 Å². The fourth-order valence-corrected chi connectivity index (χ4v) is 3.34. The normalized spacial score (nSPS) is 13.3. The quantitative estimate of drug-likeness (QED) is 0.610. The maximum absolute atomic E-state index is 12.6. The van der Waals surface area contributed by atoms with Crippen LogP contribution in [-0.4, -0.2) is 29.9 Å². The van der Waals surface area contributed by atoms with E-state index in [-0.39, 0.29) is 30.6 Å². The van der Waals surface area contributed by atoms with Crippen LogP contribution in [0.5, 0.6) is 11.5 Å². The molecule has 1 unspecified atom stereocenters. The molecule has 0 fully saturated rings. The predicted molar refractivity (Wildman–Crippen MR) is 112 cm³/mol. The lowest BCUT2D eigenvalue weighted by Gasteiger charge is -2.19. The van der Waals surface area contributed by atoms with Gasteiger partial charge in [0, 0.05) is 24.6 Å². The van der Waals surface area contributed by atoms with Gasteiger partial charge in [0.15, 0.2) is 17.3 Å². The molecular formula is C24H22N2O4. The number of pyridine rings is 1. The van der Waals surface area contributed by atoms with Crippen molar-refractivity contribution in [3.05, 3.63) is 89.7 Å². The number of carbonyl (C=O) groups excluding carboxylic acids is 2. The molecule has 1 atom stereocenters. The number of fused-ring (bicyclic) bond motifs is 1. The number of carbonyl (C=O) groups is 2. The van der Waals surface area contributed by atoms with Crippen molar-refractivity contribution >= 4 is 11.7 Å². The summed E-state index contributed by atoms with van der Waals surface area (Å²) in [6.45, 7) is 0.959. The average molecular weight is 402 g/mol. The van der Waals surface area contributed by atoms with E-state index in [0.29, 0.717) is 30.3 Å². The van der Waals surface area contributed by atoms with Crippen LogP contribution in [0, 0.1) is 0 Å². The number of benzene rings is 2. The van der Waals surface area contributed by atoms with Gasteiger partial charge in [-0.15, -0.1) is 0 Å². The first-order valence-corrected chi connectivity index (χ1v) is 9.89. The van der Waals surface area contributed by atoms with Crippen LogP contribution >= 0.6 is 0 Å². The largest absolute Gasteiger partial charge is 0.486 e. The maximum atomic E-state index is 12.6. The molecule has 30 heavy (non-hydrogen) atoms. The molecule has 1 aliphatic rings. The van der Waals surface area contributed by atoms with Crippen molar-refractivity contribution in [2.45, 2.75) is 18.9 Å². The number of nitrogens with zero attached hydrogens (tertiary/aromatic N) is 1. The molecule has 1 amide bonds. The third-order valence-corrected chi connectivity index (χ3v) is 4.87. The van der Waals surface area contributed by atoms with E-state index < -0.39 is 0 Å². The van der Waals surface area contributed by atoms with Gasteiger partial charge in [0.1, 0.15) is 13.2 Å². The van der Waals surface area contributed by atoms with Gasteiger partial charge in [-0.1, -0.05) is 36.4 Å². The highest BCUT2D eigenvalue weighted by molar-refractivity contribution is 5.98. The highest BCUT2D eigenvalue weighted by atomic mass is 16.6. The fraction of sp³-hybridized carbons (Fsp3) is 0.208. The van der Waals surface area contributed by atoms with Gasteiger partial charge in [-0.3, -0.25) is 14.6 Å². The minimum atomic E-state index is -0.371. The molecule has 0 saturated heterocycles. The number of Topliss-reactive ketones (excluding diaryl/α,β-unsaturated/α-hetero) is 1. The molecule has 6 nitrogen and oxygen atoms in total. The summed E-state index contributed by atoms with van der Waals surface area (Å²) < 4.78 is 11.0. The third kappa shape index (κ3) is 4.66. The Hall–Kier alpha value is -3.67. The van der Waals surface area contributed by atoms with Gasteiger partial charge in [0.25, 0.3) is 0 Å². The predicted octanol–water partition coefficient (Wildman–Crippen LogP) is 3.72. The minimum absolute atomic E-state index is 0.0867. The Labute approximate surface area is 174 Å². The SMILES string of the molecule is O=C(CCC(=O)c1ccc2c(c1)OCCO2)NC(c1ccccc1)c1ccccn1. The van der Waals surface area contributed by atoms with Crippen molar-refractivity contribution in [3.63, 3.8) is 0 Å². The van der Waals surface area contributed by atoms with Gasteiger partial charge in [0.05, 0.1) is 11.7 Å². The molecule has 3 aromatic rings. The van der Waals surface area contributed by atoms with E-state index >= 15 is 0 Å². The number of hydrogen-bond donors (Lipinski definition) is 1. The number of nitrogens with one attached hydrogen (secondary N) is 1. The second kappa shape index (κ2) is 9.22. The molecule has 4 rings (SSSR count). The zero-order valence-electron chi connectivity index (χ0n) is 16.4. The van der Waals surface area contributed by atoms with Gasteiger partial charge in [-0.2, -0.15) is 0 Å². The van der Waals surface area contributed by atoms with E-state index in [4.69, 9.17) is 9.47 Å². The molecule has 0 saturated carbocycles. The number of ketones is 1. The van der Waals surface area contributed by atoms with Crippen molar-refractivity contribution in [1.29, 1.82) is 0 Å². The first kappa shape index (κ1) is 19.6. The first-order chi connectivity index (χ1) is 14.7. The summed E-state index contributed by atoms with van der Waals surface area (Å²) in [5.41, 5.74) is 2.19. The zero-order chi connectivity index (χ0) is 20.8. The molecule has 1 aromatic heterocycles. The van der Waals surface area contributed by atoms with E-state index in [9.17, 15) is 9.59 Å². The first-order valence-electron chi connectivity index (χ1n) is 9.89. The monoisotopic (exact) mass is 402 g/mol. The second-order valence-corrected chi connectivity index (χ2v) is 6.95. The van der Waals surface area contributed by atoms with Gasteiger partial charge in [0.2, 0.25) is 5.91 Å². The standard InChI is InChI=1S/C24H22N2O4/c27-20(18-9-11-21-22(16-18)30-15-14-29-21)10-12-23(28)26-24(17-6-2-1-3-7-17)19-8-4-5-13-25-19/h1-9,11,13,16,24H,10,12,14-15H2,(H,26,28). The number of amides is 1. The summed E-state index contributed by atoms with van der Waals surface area (Å²) >= 11 is 0. The highest BCUT2D eigenvalue weighted by Gasteiger charge is 2.19. The summed E-state index contributed by atoms with van der Waals surface area (Å²) in [5.74, 6) is 0.879. The number of hydrogen-bond acceptors (Lipinski definition) is 5. The summed E-state index contributed by atoms with van der Waals surface area (Å²) in [6, 6.07) is 20.0. The van der Waals surface area contributed by atoms with Crippen LogP contribution in [0.15, 0.2) is 72.9 Å². The van der Waals surface area contributed by atoms with Crippen LogP contribution in [0.25, 0.3) is 0 Å². The van der Waals surface area contributed by atoms with Crippen LogP contribution < -0.4 is 14.8 Å². The van der Waals surface area contributed by atoms with Crippen molar-refractivity contribution in [2.24, 2.45) is 0 Å². The number of aromatic nitrogens is 1. The lowest BCUT2D eigenvalue weighted by molar-refractivity contribution is -0.121. The minimum Gasteiger partial charge on any atom is -0.486 e. The number of ether oxygens (including phenoxy) is 2.